The zero-order chi connectivity index (χ0) is 32.5. The molecule has 3 N–H and O–H groups in total. The average molecular weight is 634 g/mol. The first-order valence-corrected chi connectivity index (χ1v) is 16.3. The van der Waals surface area contributed by atoms with E-state index in [1.165, 1.54) is 44.1 Å². The summed E-state index contributed by atoms with van der Waals surface area (Å²) in [6.07, 6.45) is 6.21. The number of likely N-dealkylation sites (tertiary alicyclic amines) is 1. The Morgan fingerprint density at radius 3 is 2.45 bits per heavy atom. The van der Waals surface area contributed by atoms with Crippen LogP contribution >= 0.6 is 0 Å². The molecule has 4 heterocycles. The molecule has 2 aromatic heterocycles. The number of aromatic amines is 1. The minimum Gasteiger partial charge on any atom is -0.508 e. The number of benzene rings is 3. The van der Waals surface area contributed by atoms with Gasteiger partial charge in [0.15, 0.2) is 5.82 Å². The summed E-state index contributed by atoms with van der Waals surface area (Å²) in [7, 11) is 2.20. The first-order valence-electron chi connectivity index (χ1n) is 16.3. The van der Waals surface area contributed by atoms with Crippen molar-refractivity contribution in [3.05, 3.63) is 107 Å². The van der Waals surface area contributed by atoms with E-state index in [2.05, 4.69) is 32.0 Å². The molecule has 3 aromatic carbocycles. The van der Waals surface area contributed by atoms with Crippen LogP contribution < -0.4 is 10.2 Å². The average Bonchev–Trinajstić information content (AvgIpc) is 3.53. The van der Waals surface area contributed by atoms with Crippen molar-refractivity contribution < 1.29 is 14.3 Å². The van der Waals surface area contributed by atoms with E-state index in [1.807, 2.05) is 55.7 Å². The van der Waals surface area contributed by atoms with Crippen LogP contribution in [0, 0.1) is 12.7 Å². The summed E-state index contributed by atoms with van der Waals surface area (Å²) < 4.78 is 14.4. The molecule has 2 saturated heterocycles. The highest BCUT2D eigenvalue weighted by Crippen LogP contribution is 2.32. The van der Waals surface area contributed by atoms with Crippen molar-refractivity contribution in [3.8, 4) is 17.1 Å². The third-order valence-corrected chi connectivity index (χ3v) is 9.56. The number of aryl methyl sites for hydroxylation is 1. The smallest absolute Gasteiger partial charge is 0.252 e. The Balaban J connectivity index is 1.09. The molecule has 2 fully saturated rings. The molecule has 9 nitrogen and oxygen atoms in total. The number of hydrogen-bond acceptors (Lipinski definition) is 7. The third kappa shape index (κ3) is 6.70. The number of amides is 1. The van der Waals surface area contributed by atoms with E-state index in [-0.39, 0.29) is 17.2 Å². The molecule has 0 radical (unpaired) electrons. The number of H-pyrrole nitrogens is 1. The molecule has 2 aliphatic heterocycles. The largest absolute Gasteiger partial charge is 0.508 e. The van der Waals surface area contributed by atoms with Crippen LogP contribution in [0.25, 0.3) is 22.3 Å². The molecule has 242 valence electrons. The number of halogens is 1. The highest BCUT2D eigenvalue weighted by Gasteiger charge is 2.27. The van der Waals surface area contributed by atoms with Gasteiger partial charge in [-0.05, 0) is 99.4 Å². The van der Waals surface area contributed by atoms with Gasteiger partial charge in [0.2, 0.25) is 0 Å². The topological polar surface area (TPSA) is 101 Å². The first kappa shape index (κ1) is 30.8. The Hall–Kier alpha value is -4.80. The summed E-state index contributed by atoms with van der Waals surface area (Å²) in [4.78, 5) is 33.9. The Morgan fingerprint density at radius 1 is 0.957 bits per heavy atom. The summed E-state index contributed by atoms with van der Waals surface area (Å²) in [5.74, 6) is -0.462. The zero-order valence-electron chi connectivity index (χ0n) is 26.8. The monoisotopic (exact) mass is 633 g/mol. The molecule has 0 unspecified atom stereocenters. The zero-order valence-corrected chi connectivity index (χ0v) is 26.8. The fourth-order valence-corrected chi connectivity index (χ4v) is 6.93. The van der Waals surface area contributed by atoms with Crippen molar-refractivity contribution in [1.29, 1.82) is 0 Å². The van der Waals surface area contributed by atoms with Gasteiger partial charge in [-0.15, -0.1) is 0 Å². The van der Waals surface area contributed by atoms with Crippen molar-refractivity contribution in [3.63, 3.8) is 0 Å². The number of piperidine rings is 1. The van der Waals surface area contributed by atoms with E-state index < -0.39 is 11.9 Å². The van der Waals surface area contributed by atoms with Crippen molar-refractivity contribution in [2.75, 3.05) is 51.2 Å². The number of fused-ring (bicyclic) bond motifs is 1. The number of hydrogen-bond donors (Lipinski definition) is 3. The number of rotatable bonds is 7. The van der Waals surface area contributed by atoms with E-state index in [1.54, 1.807) is 12.1 Å². The van der Waals surface area contributed by atoms with Crippen LogP contribution in [0.2, 0.25) is 0 Å². The summed E-state index contributed by atoms with van der Waals surface area (Å²) in [5.41, 5.74) is 4.76. The molecule has 47 heavy (non-hydrogen) atoms. The van der Waals surface area contributed by atoms with Gasteiger partial charge < -0.3 is 25.2 Å². The highest BCUT2D eigenvalue weighted by molar-refractivity contribution is 5.96. The molecule has 0 bridgehead atoms. The number of para-hydroxylation sites is 1. The summed E-state index contributed by atoms with van der Waals surface area (Å²) in [5, 5.41) is 14.7. The number of nitrogens with one attached hydrogen (secondary N) is 2. The van der Waals surface area contributed by atoms with Gasteiger partial charge in [-0.3, -0.25) is 9.69 Å². The lowest BCUT2D eigenvalue weighted by Gasteiger charge is -2.42. The summed E-state index contributed by atoms with van der Waals surface area (Å²) >= 11 is 0. The Kier molecular flexibility index (Phi) is 8.62. The Labute approximate surface area is 274 Å². The number of piperazine rings is 1. The maximum Gasteiger partial charge on any atom is 0.252 e. The number of nitrogens with zero attached hydrogens (tertiary/aromatic N) is 5. The predicted molar refractivity (Wildman–Crippen MR) is 182 cm³/mol. The molecule has 2 aliphatic rings. The second-order valence-corrected chi connectivity index (χ2v) is 12.8. The van der Waals surface area contributed by atoms with Crippen molar-refractivity contribution in [2.24, 2.45) is 0 Å². The molecule has 0 aliphatic carbocycles. The van der Waals surface area contributed by atoms with Gasteiger partial charge in [-0.1, -0.05) is 18.2 Å². The molecular weight excluding hydrogens is 593 g/mol. The molecule has 0 spiro atoms. The molecule has 1 atom stereocenters. The van der Waals surface area contributed by atoms with Crippen LogP contribution in [0.4, 0.5) is 10.1 Å². The van der Waals surface area contributed by atoms with Crippen LogP contribution in [-0.2, 0) is 0 Å². The fraction of sp³-hybridized carbons (Fsp3) is 0.324. The lowest BCUT2D eigenvalue weighted by Crippen LogP contribution is -2.53. The van der Waals surface area contributed by atoms with Crippen LogP contribution in [0.1, 0.15) is 46.1 Å². The van der Waals surface area contributed by atoms with Gasteiger partial charge in [0.25, 0.3) is 5.91 Å². The van der Waals surface area contributed by atoms with E-state index in [0.717, 1.165) is 53.9 Å². The van der Waals surface area contributed by atoms with Gasteiger partial charge >= 0.3 is 0 Å². The standard InChI is InChI=1S/C37H40FN7O2/c1-24-17-26(36-39-22-30(23-40-36)45-15-13-44(14-16-45)29-9-11-43(2)12-10-29)19-27(18-24)37(47)42-35(31-21-28(38)7-8-34(31)46)33-20-25-5-3-4-6-32(25)41-33/h3-8,17-23,29,35,41,46H,9-16H2,1-2H3,(H,42,47)/t35-/m1/s1. The van der Waals surface area contributed by atoms with Crippen LogP contribution in [-0.4, -0.2) is 88.1 Å². The molecule has 1 amide bonds. The number of phenols is 1. The lowest BCUT2D eigenvalue weighted by atomic mass is 10.0. The van der Waals surface area contributed by atoms with Crippen molar-refractivity contribution >= 4 is 22.5 Å². The molecule has 7 rings (SSSR count). The minimum absolute atomic E-state index is 0.114. The molecule has 10 heteroatoms. The lowest BCUT2D eigenvalue weighted by molar-refractivity contribution is 0.0942. The maximum atomic E-state index is 14.4. The van der Waals surface area contributed by atoms with E-state index in [4.69, 9.17) is 9.97 Å². The van der Waals surface area contributed by atoms with Crippen LogP contribution in [0.5, 0.6) is 5.75 Å². The third-order valence-electron chi connectivity index (χ3n) is 9.56. The Morgan fingerprint density at radius 2 is 1.70 bits per heavy atom. The van der Waals surface area contributed by atoms with Gasteiger partial charge in [0.05, 0.1) is 24.1 Å². The Bertz CT molecular complexity index is 1840. The maximum absolute atomic E-state index is 14.4. The quantitative estimate of drug-likeness (QED) is 0.217. The number of aromatic nitrogens is 3. The van der Waals surface area contributed by atoms with Crippen molar-refractivity contribution in [2.45, 2.75) is 31.8 Å². The van der Waals surface area contributed by atoms with Gasteiger partial charge in [-0.2, -0.15) is 0 Å². The van der Waals surface area contributed by atoms with E-state index in [9.17, 15) is 14.3 Å². The predicted octanol–water partition coefficient (Wildman–Crippen LogP) is 5.51. The fourth-order valence-electron chi connectivity index (χ4n) is 6.93. The summed E-state index contributed by atoms with van der Waals surface area (Å²) in [6, 6.07) is 18.7. The molecular formula is C37H40FN7O2. The number of carbonyl (C=O) groups excluding carboxylic acids is 1. The SMILES string of the molecule is Cc1cc(C(=O)N[C@@H](c2cc3ccccc3[nH]2)c2cc(F)ccc2O)cc(-c2ncc(N3CCN(C4CCN(C)CC4)CC3)cn2)c1. The first-order chi connectivity index (χ1) is 22.8. The van der Waals surface area contributed by atoms with E-state index >= 15 is 0 Å². The van der Waals surface area contributed by atoms with Crippen LogP contribution in [0.3, 0.4) is 0 Å². The second-order valence-electron chi connectivity index (χ2n) is 12.8. The minimum atomic E-state index is -0.829. The van der Waals surface area contributed by atoms with Crippen LogP contribution in [0.15, 0.2) is 79.1 Å². The van der Waals surface area contributed by atoms with Gasteiger partial charge in [0.1, 0.15) is 11.6 Å². The number of carbonyl (C=O) groups is 1. The molecule has 0 saturated carbocycles. The normalized spacial score (nSPS) is 17.2. The number of aromatic hydroxyl groups is 1. The molecule has 5 aromatic rings. The van der Waals surface area contributed by atoms with Gasteiger partial charge in [0, 0.05) is 60.1 Å². The summed E-state index contributed by atoms with van der Waals surface area (Å²) in [6.45, 7) is 8.24. The number of anilines is 1. The number of phenolic OH excluding ortho intramolecular Hbond substituents is 1. The van der Waals surface area contributed by atoms with E-state index in [0.29, 0.717) is 23.1 Å². The van der Waals surface area contributed by atoms with Crippen molar-refractivity contribution in [1.82, 2.24) is 30.1 Å². The van der Waals surface area contributed by atoms with Gasteiger partial charge in [-0.25, -0.2) is 14.4 Å². The highest BCUT2D eigenvalue weighted by atomic mass is 19.1. The second kappa shape index (κ2) is 13.1.